The Morgan fingerprint density at radius 3 is 2.48 bits per heavy atom. The van der Waals surface area contributed by atoms with Crippen molar-refractivity contribution in [2.75, 3.05) is 40.3 Å². The first-order valence-electron chi connectivity index (χ1n) is 9.46. The van der Waals surface area contributed by atoms with E-state index in [1.165, 1.54) is 0 Å². The van der Waals surface area contributed by atoms with E-state index in [-0.39, 0.29) is 17.4 Å². The second-order valence-electron chi connectivity index (χ2n) is 7.12. The minimum absolute atomic E-state index is 0.0528. The molecule has 0 bridgehead atoms. The molecule has 27 heavy (non-hydrogen) atoms. The topological polar surface area (TPSA) is 57.9 Å². The van der Waals surface area contributed by atoms with Crippen molar-refractivity contribution in [3.8, 4) is 11.5 Å². The van der Waals surface area contributed by atoms with Crippen LogP contribution in [0.3, 0.4) is 0 Å². The van der Waals surface area contributed by atoms with E-state index < -0.39 is 0 Å². The Balaban J connectivity index is 2.21. The van der Waals surface area contributed by atoms with Crippen LogP contribution >= 0.6 is 0 Å². The molecule has 0 spiro atoms. The molecule has 3 rings (SSSR count). The summed E-state index contributed by atoms with van der Waals surface area (Å²) in [7, 11) is 3.74. The first-order valence-corrected chi connectivity index (χ1v) is 9.46. The van der Waals surface area contributed by atoms with Gasteiger partial charge in [0.15, 0.2) is 0 Å². The van der Waals surface area contributed by atoms with E-state index >= 15 is 0 Å². The summed E-state index contributed by atoms with van der Waals surface area (Å²) < 4.78 is 7.31. The smallest absolute Gasteiger partial charge is 0.259 e. The van der Waals surface area contributed by atoms with Crippen LogP contribution in [0.5, 0.6) is 11.5 Å². The molecule has 2 aromatic rings. The largest absolute Gasteiger partial charge is 0.507 e. The highest BCUT2D eigenvalue weighted by Gasteiger charge is 2.32. The van der Waals surface area contributed by atoms with Crippen LogP contribution in [-0.2, 0) is 6.54 Å². The van der Waals surface area contributed by atoms with E-state index in [0.29, 0.717) is 12.1 Å². The van der Waals surface area contributed by atoms with Crippen molar-refractivity contribution in [3.05, 3.63) is 57.5 Å². The highest BCUT2D eigenvalue weighted by Crippen LogP contribution is 2.37. The average molecular weight is 371 g/mol. The third-order valence-corrected chi connectivity index (χ3v) is 5.45. The molecule has 6 nitrogen and oxygen atoms in total. The van der Waals surface area contributed by atoms with Crippen LogP contribution in [0.4, 0.5) is 0 Å². The van der Waals surface area contributed by atoms with Crippen molar-refractivity contribution >= 4 is 0 Å². The van der Waals surface area contributed by atoms with Crippen molar-refractivity contribution in [1.29, 1.82) is 0 Å². The summed E-state index contributed by atoms with van der Waals surface area (Å²) in [4.78, 5) is 17.8. The van der Waals surface area contributed by atoms with Crippen LogP contribution in [0.1, 0.15) is 29.8 Å². The zero-order chi connectivity index (χ0) is 19.6. The number of hydrogen-bond donors (Lipinski definition) is 1. The molecule has 1 N–H and O–H groups in total. The Hall–Kier alpha value is -2.31. The normalized spacial score (nSPS) is 17.0. The first kappa shape index (κ1) is 19.5. The number of para-hydroxylation sites is 1. The Bertz CT molecular complexity index is 854. The van der Waals surface area contributed by atoms with Crippen LogP contribution in [0.15, 0.2) is 35.1 Å². The van der Waals surface area contributed by atoms with Crippen molar-refractivity contribution in [1.82, 2.24) is 14.4 Å². The van der Waals surface area contributed by atoms with Crippen molar-refractivity contribution in [2.24, 2.45) is 0 Å². The zero-order valence-corrected chi connectivity index (χ0v) is 16.6. The lowest BCUT2D eigenvalue weighted by Gasteiger charge is -2.38. The maximum absolute atomic E-state index is 13.3. The molecular weight excluding hydrogens is 342 g/mol. The predicted octanol–water partition coefficient (Wildman–Crippen LogP) is 2.23. The fourth-order valence-electron chi connectivity index (χ4n) is 3.93. The molecule has 146 valence electrons. The van der Waals surface area contributed by atoms with Gasteiger partial charge < -0.3 is 19.3 Å². The third-order valence-electron chi connectivity index (χ3n) is 5.45. The summed E-state index contributed by atoms with van der Waals surface area (Å²) in [5, 5.41) is 10.8. The van der Waals surface area contributed by atoms with Crippen molar-refractivity contribution < 1.29 is 9.84 Å². The van der Waals surface area contributed by atoms with E-state index in [1.807, 2.05) is 38.1 Å². The number of aromatic hydroxyl groups is 1. The van der Waals surface area contributed by atoms with Crippen molar-refractivity contribution in [3.63, 3.8) is 0 Å². The summed E-state index contributed by atoms with van der Waals surface area (Å²) in [5.41, 5.74) is 1.96. The van der Waals surface area contributed by atoms with Crippen LogP contribution in [-0.4, -0.2) is 59.8 Å². The van der Waals surface area contributed by atoms with Gasteiger partial charge in [-0.05, 0) is 33.0 Å². The number of methoxy groups -OCH3 is 1. The molecule has 2 heterocycles. The first-order chi connectivity index (χ1) is 13.0. The SMILES string of the molecule is CCn1c(C)cc(O)c([C@@H](c2ccccc2OC)N2CCN(C)CC2)c1=O. The summed E-state index contributed by atoms with van der Waals surface area (Å²) in [5.74, 6) is 0.779. The molecule has 1 atom stereocenters. The molecule has 0 unspecified atom stereocenters. The maximum atomic E-state index is 13.3. The number of piperazine rings is 1. The molecule has 0 aliphatic carbocycles. The second kappa shape index (κ2) is 8.15. The number of rotatable bonds is 5. The quantitative estimate of drug-likeness (QED) is 0.873. The van der Waals surface area contributed by atoms with Gasteiger partial charge in [-0.2, -0.15) is 0 Å². The minimum atomic E-state index is -0.347. The number of benzene rings is 1. The van der Waals surface area contributed by atoms with Gasteiger partial charge in [-0.1, -0.05) is 18.2 Å². The summed E-state index contributed by atoms with van der Waals surface area (Å²) in [6, 6.07) is 9.10. The van der Waals surface area contributed by atoms with Gasteiger partial charge in [0.1, 0.15) is 11.5 Å². The Labute approximate surface area is 160 Å². The van der Waals surface area contributed by atoms with E-state index in [1.54, 1.807) is 17.7 Å². The predicted molar refractivity (Wildman–Crippen MR) is 107 cm³/mol. The van der Waals surface area contributed by atoms with Crippen molar-refractivity contribution in [2.45, 2.75) is 26.4 Å². The molecule has 1 aromatic heterocycles. The number of ether oxygens (including phenoxy) is 1. The lowest BCUT2D eigenvalue weighted by atomic mass is 9.95. The molecule has 0 radical (unpaired) electrons. The fourth-order valence-corrected chi connectivity index (χ4v) is 3.93. The second-order valence-corrected chi connectivity index (χ2v) is 7.12. The Kier molecular flexibility index (Phi) is 5.87. The van der Waals surface area contributed by atoms with Gasteiger partial charge >= 0.3 is 0 Å². The number of aromatic nitrogens is 1. The number of pyridine rings is 1. The standard InChI is InChI=1S/C21H29N3O3/c1-5-24-15(2)14-17(25)19(21(24)26)20(23-12-10-22(3)11-13-23)16-8-6-7-9-18(16)27-4/h6-9,14,20,25H,5,10-13H2,1-4H3/t20-/m1/s1. The van der Waals surface area contributed by atoms with Gasteiger partial charge in [0, 0.05) is 44.0 Å². The van der Waals surface area contributed by atoms with Gasteiger partial charge in [0.25, 0.3) is 5.56 Å². The molecule has 1 aliphatic rings. The summed E-state index contributed by atoms with van der Waals surface area (Å²) in [6.45, 7) is 7.83. The number of nitrogens with zero attached hydrogens (tertiary/aromatic N) is 3. The maximum Gasteiger partial charge on any atom is 0.259 e. The minimum Gasteiger partial charge on any atom is -0.507 e. The van der Waals surface area contributed by atoms with Gasteiger partial charge in [0.2, 0.25) is 0 Å². The van der Waals surface area contributed by atoms with Crippen LogP contribution in [0, 0.1) is 6.92 Å². The monoisotopic (exact) mass is 371 g/mol. The molecule has 1 aromatic carbocycles. The average Bonchev–Trinajstić information content (AvgIpc) is 2.66. The lowest BCUT2D eigenvalue weighted by molar-refractivity contribution is 0.124. The molecule has 6 heteroatoms. The van der Waals surface area contributed by atoms with Gasteiger partial charge in [-0.15, -0.1) is 0 Å². The van der Waals surface area contributed by atoms with Gasteiger partial charge in [-0.3, -0.25) is 9.69 Å². The number of hydrogen-bond acceptors (Lipinski definition) is 5. The summed E-state index contributed by atoms with van der Waals surface area (Å²) >= 11 is 0. The number of likely N-dealkylation sites (N-methyl/N-ethyl adjacent to an activating group) is 1. The lowest BCUT2D eigenvalue weighted by Crippen LogP contribution is -2.47. The molecule has 1 fully saturated rings. The molecular formula is C21H29N3O3. The Morgan fingerprint density at radius 2 is 1.85 bits per heavy atom. The van der Waals surface area contributed by atoms with Crippen LogP contribution in [0.2, 0.25) is 0 Å². The zero-order valence-electron chi connectivity index (χ0n) is 16.6. The third kappa shape index (κ3) is 3.73. The van der Waals surface area contributed by atoms with E-state index in [2.05, 4.69) is 16.8 Å². The van der Waals surface area contributed by atoms with E-state index in [9.17, 15) is 9.90 Å². The Morgan fingerprint density at radius 1 is 1.19 bits per heavy atom. The van der Waals surface area contributed by atoms with Crippen LogP contribution < -0.4 is 10.3 Å². The molecule has 1 saturated heterocycles. The molecule has 0 saturated carbocycles. The molecule has 0 amide bonds. The van der Waals surface area contributed by atoms with Gasteiger partial charge in [0.05, 0.1) is 18.7 Å². The molecule has 1 aliphatic heterocycles. The van der Waals surface area contributed by atoms with E-state index in [0.717, 1.165) is 43.2 Å². The van der Waals surface area contributed by atoms with E-state index in [4.69, 9.17) is 4.74 Å². The van der Waals surface area contributed by atoms with Gasteiger partial charge in [-0.25, -0.2) is 0 Å². The van der Waals surface area contributed by atoms with Crippen LogP contribution in [0.25, 0.3) is 0 Å². The number of aryl methyl sites for hydroxylation is 1. The fraction of sp³-hybridized carbons (Fsp3) is 0.476. The highest BCUT2D eigenvalue weighted by atomic mass is 16.5. The highest BCUT2D eigenvalue weighted by molar-refractivity contribution is 5.46. The summed E-state index contributed by atoms with van der Waals surface area (Å²) in [6.07, 6.45) is 0.